The monoisotopic (exact) mass is 498 g/mol. The summed E-state index contributed by atoms with van der Waals surface area (Å²) in [6, 6.07) is 8.83. The van der Waals surface area contributed by atoms with Crippen molar-refractivity contribution in [2.45, 2.75) is 45.6 Å². The predicted molar refractivity (Wildman–Crippen MR) is 133 cm³/mol. The second kappa shape index (κ2) is 9.04. The molecule has 1 aliphatic carbocycles. The van der Waals surface area contributed by atoms with Gasteiger partial charge in [-0.2, -0.15) is 0 Å². The second-order valence-electron chi connectivity index (χ2n) is 8.99. The van der Waals surface area contributed by atoms with E-state index in [1.165, 1.54) is 0 Å². The van der Waals surface area contributed by atoms with E-state index in [-0.39, 0.29) is 23.4 Å². The summed E-state index contributed by atoms with van der Waals surface area (Å²) in [4.78, 5) is 30.4. The number of aryl methyl sites for hydroxylation is 2. The molecule has 2 unspecified atom stereocenters. The number of fused-ring (bicyclic) bond motifs is 3. The van der Waals surface area contributed by atoms with Gasteiger partial charge in [-0.25, -0.2) is 4.98 Å². The molecule has 4 aromatic rings. The van der Waals surface area contributed by atoms with Crippen LogP contribution in [0, 0.1) is 19.8 Å². The van der Waals surface area contributed by atoms with Crippen molar-refractivity contribution in [3.63, 3.8) is 0 Å². The van der Waals surface area contributed by atoms with Crippen LogP contribution in [0.15, 0.2) is 39.6 Å². The highest BCUT2D eigenvalue weighted by molar-refractivity contribution is 6.37. The fourth-order valence-electron chi connectivity index (χ4n) is 5.12. The maximum Gasteiger partial charge on any atom is 0.264 e. The first-order valence-corrected chi connectivity index (χ1v) is 12.1. The Labute approximate surface area is 206 Å². The van der Waals surface area contributed by atoms with Crippen molar-refractivity contribution >= 4 is 50.9 Å². The Hall–Kier alpha value is -2.90. The fraction of sp³-hybridized carbons (Fsp3) is 0.360. The highest BCUT2D eigenvalue weighted by Gasteiger charge is 2.28. The van der Waals surface area contributed by atoms with Gasteiger partial charge in [0.05, 0.1) is 10.5 Å². The van der Waals surface area contributed by atoms with E-state index in [0.717, 1.165) is 36.6 Å². The normalized spacial score (nSPS) is 18.5. The van der Waals surface area contributed by atoms with E-state index in [1.54, 1.807) is 32.0 Å². The summed E-state index contributed by atoms with van der Waals surface area (Å²) in [6.45, 7) is 4.07. The zero-order valence-corrected chi connectivity index (χ0v) is 20.4. The Kier molecular flexibility index (Phi) is 6.08. The summed E-state index contributed by atoms with van der Waals surface area (Å²) in [6.07, 6.45) is 3.59. The van der Waals surface area contributed by atoms with Gasteiger partial charge >= 0.3 is 0 Å². The van der Waals surface area contributed by atoms with Crippen molar-refractivity contribution in [3.05, 3.63) is 67.9 Å². The molecular weight excluding hydrogens is 475 g/mol. The molecule has 3 heterocycles. The van der Waals surface area contributed by atoms with Gasteiger partial charge in [-0.05, 0) is 63.3 Å². The molecule has 1 saturated carbocycles. The predicted octanol–water partition coefficient (Wildman–Crippen LogP) is 5.62. The van der Waals surface area contributed by atoms with E-state index in [0.29, 0.717) is 44.6 Å². The lowest BCUT2D eigenvalue weighted by atomic mass is 9.85. The largest absolute Gasteiger partial charge is 0.360 e. The van der Waals surface area contributed by atoms with Gasteiger partial charge in [-0.3, -0.25) is 9.59 Å². The molecule has 3 aromatic heterocycles. The molecule has 2 atom stereocenters. The molecule has 1 aromatic carbocycles. The van der Waals surface area contributed by atoms with Crippen LogP contribution in [-0.2, 0) is 0 Å². The number of benzene rings is 1. The van der Waals surface area contributed by atoms with Crippen LogP contribution < -0.4 is 10.9 Å². The summed E-state index contributed by atoms with van der Waals surface area (Å²) in [5, 5.41) is 9.20. The molecule has 1 aliphatic rings. The SMILES string of the molecule is Cc1cc(C(=O)NCC2CCCC(n3c(=O)c4c(C)onc4c4c(Cl)cccc43)C2)cc(Cl)n1. The fourth-order valence-corrected chi connectivity index (χ4v) is 5.63. The molecule has 7 nitrogen and oxygen atoms in total. The number of rotatable bonds is 4. The van der Waals surface area contributed by atoms with E-state index in [9.17, 15) is 9.59 Å². The van der Waals surface area contributed by atoms with Gasteiger partial charge < -0.3 is 14.4 Å². The first-order chi connectivity index (χ1) is 16.3. The van der Waals surface area contributed by atoms with Crippen molar-refractivity contribution < 1.29 is 9.32 Å². The molecule has 0 spiro atoms. The zero-order chi connectivity index (χ0) is 24.0. The molecule has 0 radical (unpaired) electrons. The number of hydrogen-bond acceptors (Lipinski definition) is 5. The van der Waals surface area contributed by atoms with Crippen LogP contribution in [0.25, 0.3) is 21.8 Å². The minimum atomic E-state index is -0.176. The Morgan fingerprint density at radius 2 is 2.03 bits per heavy atom. The van der Waals surface area contributed by atoms with Gasteiger partial charge in [0.25, 0.3) is 11.5 Å². The molecule has 5 rings (SSSR count). The lowest BCUT2D eigenvalue weighted by Gasteiger charge is -2.31. The van der Waals surface area contributed by atoms with Gasteiger partial charge in [-0.15, -0.1) is 0 Å². The highest BCUT2D eigenvalue weighted by Crippen LogP contribution is 2.37. The van der Waals surface area contributed by atoms with Crippen LogP contribution in [0.5, 0.6) is 0 Å². The number of amides is 1. The molecule has 0 bridgehead atoms. The molecule has 0 saturated heterocycles. The first-order valence-electron chi connectivity index (χ1n) is 11.3. The highest BCUT2D eigenvalue weighted by atomic mass is 35.5. The number of carbonyl (C=O) groups is 1. The van der Waals surface area contributed by atoms with Crippen molar-refractivity contribution in [3.8, 4) is 0 Å². The Morgan fingerprint density at radius 3 is 2.82 bits per heavy atom. The van der Waals surface area contributed by atoms with E-state index in [4.69, 9.17) is 27.7 Å². The zero-order valence-electron chi connectivity index (χ0n) is 18.9. The molecule has 1 fully saturated rings. The third kappa shape index (κ3) is 4.07. The molecule has 0 aliphatic heterocycles. The number of halogens is 2. The van der Waals surface area contributed by atoms with E-state index in [1.807, 2.05) is 16.7 Å². The number of aromatic nitrogens is 3. The Bertz CT molecular complexity index is 1460. The van der Waals surface area contributed by atoms with E-state index >= 15 is 0 Å². The summed E-state index contributed by atoms with van der Waals surface area (Å²) >= 11 is 12.5. The van der Waals surface area contributed by atoms with Gasteiger partial charge in [0.1, 0.15) is 21.8 Å². The van der Waals surface area contributed by atoms with Crippen LogP contribution >= 0.6 is 23.2 Å². The minimum absolute atomic E-state index is 0.0135. The summed E-state index contributed by atoms with van der Waals surface area (Å²) in [7, 11) is 0. The first kappa shape index (κ1) is 22.9. The summed E-state index contributed by atoms with van der Waals surface area (Å²) in [5.74, 6) is 0.549. The molecule has 9 heteroatoms. The standard InChI is InChI=1S/C25H24Cl2N4O3/c1-13-9-16(11-20(27)29-13)24(32)28-12-15-5-3-6-17(10-15)31-19-8-4-7-18(26)22(19)23-21(25(31)33)14(2)34-30-23/h4,7-9,11,15,17H,3,5-6,10,12H2,1-2H3,(H,28,32). The quantitative estimate of drug-likeness (QED) is 0.368. The van der Waals surface area contributed by atoms with Gasteiger partial charge in [-0.1, -0.05) is 40.8 Å². The minimum Gasteiger partial charge on any atom is -0.360 e. The maximum atomic E-state index is 13.6. The maximum absolute atomic E-state index is 13.6. The topological polar surface area (TPSA) is 90.0 Å². The van der Waals surface area contributed by atoms with Gasteiger partial charge in [0.2, 0.25) is 0 Å². The van der Waals surface area contributed by atoms with Gasteiger partial charge in [0, 0.05) is 29.2 Å². The molecule has 1 N–H and O–H groups in total. The van der Waals surface area contributed by atoms with Crippen LogP contribution in [0.3, 0.4) is 0 Å². The molecule has 176 valence electrons. The Morgan fingerprint density at radius 1 is 1.21 bits per heavy atom. The number of hydrogen-bond donors (Lipinski definition) is 1. The van der Waals surface area contributed by atoms with E-state index < -0.39 is 0 Å². The number of nitrogens with zero attached hydrogens (tertiary/aromatic N) is 3. The number of pyridine rings is 2. The second-order valence-corrected chi connectivity index (χ2v) is 9.78. The molecule has 34 heavy (non-hydrogen) atoms. The van der Waals surface area contributed by atoms with Crippen LogP contribution in [-0.4, -0.2) is 27.2 Å². The summed E-state index contributed by atoms with van der Waals surface area (Å²) in [5.41, 5.74) is 2.34. The molecule has 1 amide bonds. The number of carbonyl (C=O) groups excluding carboxylic acids is 1. The van der Waals surface area contributed by atoms with E-state index in [2.05, 4.69) is 15.5 Å². The lowest BCUT2D eigenvalue weighted by molar-refractivity contribution is 0.0940. The van der Waals surface area contributed by atoms with Crippen LogP contribution in [0.4, 0.5) is 0 Å². The van der Waals surface area contributed by atoms with Gasteiger partial charge in [0.15, 0.2) is 0 Å². The van der Waals surface area contributed by atoms with Crippen molar-refractivity contribution in [2.24, 2.45) is 5.92 Å². The smallest absolute Gasteiger partial charge is 0.264 e. The number of nitrogens with one attached hydrogen (secondary N) is 1. The Balaban J connectivity index is 1.43. The third-order valence-electron chi connectivity index (χ3n) is 6.64. The average Bonchev–Trinajstić information content (AvgIpc) is 3.19. The lowest BCUT2D eigenvalue weighted by Crippen LogP contribution is -2.34. The van der Waals surface area contributed by atoms with Crippen molar-refractivity contribution in [1.82, 2.24) is 20.0 Å². The summed E-state index contributed by atoms with van der Waals surface area (Å²) < 4.78 is 7.22. The third-order valence-corrected chi connectivity index (χ3v) is 7.15. The van der Waals surface area contributed by atoms with Crippen LogP contribution in [0.1, 0.15) is 53.5 Å². The molecular formula is C25H24Cl2N4O3. The van der Waals surface area contributed by atoms with Crippen molar-refractivity contribution in [2.75, 3.05) is 6.54 Å². The van der Waals surface area contributed by atoms with Crippen molar-refractivity contribution in [1.29, 1.82) is 0 Å². The average molecular weight is 499 g/mol. The van der Waals surface area contributed by atoms with Crippen LogP contribution in [0.2, 0.25) is 10.2 Å².